The number of hydrogen-bond donors (Lipinski definition) is 5. The quantitative estimate of drug-likeness (QED) is 0.226. The van der Waals surface area contributed by atoms with Crippen LogP contribution in [0.15, 0.2) is 59.7 Å². The molecule has 0 bridgehead atoms. The average Bonchev–Trinajstić information content (AvgIpc) is 2.64. The second-order valence-electron chi connectivity index (χ2n) is 5.23. The first-order valence-corrected chi connectivity index (χ1v) is 7.71. The summed E-state index contributed by atoms with van der Waals surface area (Å²) in [6.07, 6.45) is 2.59. The fraction of sp³-hybridized carbons (Fsp3) is 0.111. The van der Waals surface area contributed by atoms with Gasteiger partial charge in [0.15, 0.2) is 11.6 Å². The summed E-state index contributed by atoms with van der Waals surface area (Å²) < 4.78 is 0. The third-order valence-electron chi connectivity index (χ3n) is 3.50. The van der Waals surface area contributed by atoms with Crippen LogP contribution in [0.2, 0.25) is 0 Å². The zero-order valence-electron chi connectivity index (χ0n) is 14.1. The molecule has 0 saturated heterocycles. The van der Waals surface area contributed by atoms with Crippen LogP contribution in [0, 0.1) is 5.41 Å². The smallest absolute Gasteiger partial charge is 0.193 e. The van der Waals surface area contributed by atoms with E-state index in [0.29, 0.717) is 18.1 Å². The first-order chi connectivity index (χ1) is 12.2. The molecule has 0 spiro atoms. The minimum absolute atomic E-state index is 0.309. The SMILES string of the molecule is CO[NH2+]c1cc(/C(C=N)=C/N)ccc1NC(N)=NCc1ccccc1. The Morgan fingerprint density at radius 2 is 2.04 bits per heavy atom. The largest absolute Gasteiger partial charge is 0.404 e. The third kappa shape index (κ3) is 5.17. The van der Waals surface area contributed by atoms with E-state index in [0.717, 1.165) is 22.5 Å². The van der Waals surface area contributed by atoms with E-state index in [1.165, 1.54) is 12.4 Å². The molecule has 0 heterocycles. The Balaban J connectivity index is 2.18. The molecule has 2 aromatic rings. The molecule has 0 fully saturated rings. The topological polar surface area (TPSA) is 126 Å². The summed E-state index contributed by atoms with van der Waals surface area (Å²) in [4.78, 5) is 9.47. The van der Waals surface area contributed by atoms with Crippen LogP contribution in [-0.4, -0.2) is 19.3 Å². The summed E-state index contributed by atoms with van der Waals surface area (Å²) in [6, 6.07) is 15.4. The average molecular weight is 339 g/mol. The number of nitrogens with zero attached hydrogens (tertiary/aromatic N) is 1. The van der Waals surface area contributed by atoms with Gasteiger partial charge in [0.1, 0.15) is 5.69 Å². The number of guanidine groups is 1. The van der Waals surface area contributed by atoms with Gasteiger partial charge < -0.3 is 22.2 Å². The van der Waals surface area contributed by atoms with E-state index in [4.69, 9.17) is 21.7 Å². The summed E-state index contributed by atoms with van der Waals surface area (Å²) in [5.74, 6) is 0.309. The van der Waals surface area contributed by atoms with Crippen molar-refractivity contribution in [2.75, 3.05) is 12.4 Å². The molecule has 0 aromatic heterocycles. The van der Waals surface area contributed by atoms with E-state index in [-0.39, 0.29) is 0 Å². The van der Waals surface area contributed by atoms with Gasteiger partial charge in [0.05, 0.1) is 13.7 Å². The first-order valence-electron chi connectivity index (χ1n) is 7.71. The molecule has 25 heavy (non-hydrogen) atoms. The van der Waals surface area contributed by atoms with E-state index in [1.54, 1.807) is 12.6 Å². The van der Waals surface area contributed by atoms with Gasteiger partial charge in [-0.05, 0) is 17.2 Å². The predicted molar refractivity (Wildman–Crippen MR) is 101 cm³/mol. The van der Waals surface area contributed by atoms with Crippen molar-refractivity contribution in [3.63, 3.8) is 0 Å². The Morgan fingerprint density at radius 3 is 2.68 bits per heavy atom. The van der Waals surface area contributed by atoms with Gasteiger partial charge in [-0.3, -0.25) is 0 Å². The molecular weight excluding hydrogens is 316 g/mol. The zero-order chi connectivity index (χ0) is 18.1. The minimum Gasteiger partial charge on any atom is -0.404 e. The van der Waals surface area contributed by atoms with E-state index in [9.17, 15) is 0 Å². The second-order valence-corrected chi connectivity index (χ2v) is 5.23. The minimum atomic E-state index is 0.309. The highest BCUT2D eigenvalue weighted by molar-refractivity contribution is 6.08. The Bertz CT molecular complexity index is 770. The molecule has 2 rings (SSSR count). The zero-order valence-corrected chi connectivity index (χ0v) is 14.1. The molecule has 0 aliphatic heterocycles. The van der Waals surface area contributed by atoms with Gasteiger partial charge in [0.2, 0.25) is 0 Å². The summed E-state index contributed by atoms with van der Waals surface area (Å²) in [6.45, 7) is 0.495. The van der Waals surface area contributed by atoms with Crippen LogP contribution < -0.4 is 22.3 Å². The van der Waals surface area contributed by atoms with Gasteiger partial charge in [-0.15, -0.1) is 0 Å². The van der Waals surface area contributed by atoms with Gasteiger partial charge in [-0.25, -0.2) is 9.83 Å². The van der Waals surface area contributed by atoms with Crippen molar-refractivity contribution in [1.82, 2.24) is 0 Å². The van der Waals surface area contributed by atoms with Crippen LogP contribution in [0.4, 0.5) is 11.4 Å². The Hall–Kier alpha value is -3.16. The maximum absolute atomic E-state index is 7.40. The van der Waals surface area contributed by atoms with Crippen molar-refractivity contribution in [3.8, 4) is 0 Å². The van der Waals surface area contributed by atoms with Gasteiger partial charge in [0, 0.05) is 24.1 Å². The van der Waals surface area contributed by atoms with Crippen LogP contribution >= 0.6 is 0 Å². The second kappa shape index (κ2) is 9.21. The van der Waals surface area contributed by atoms with Crippen molar-refractivity contribution in [3.05, 3.63) is 65.9 Å². The summed E-state index contributed by atoms with van der Waals surface area (Å²) in [7, 11) is 1.57. The molecule has 0 radical (unpaired) electrons. The lowest BCUT2D eigenvalue weighted by atomic mass is 10.1. The number of quaternary nitrogens is 1. The lowest BCUT2D eigenvalue weighted by molar-refractivity contribution is -0.829. The number of nitrogens with one attached hydrogen (secondary N) is 2. The highest BCUT2D eigenvalue weighted by Gasteiger charge is 2.11. The fourth-order valence-corrected chi connectivity index (χ4v) is 2.25. The molecule has 0 amide bonds. The molecule has 0 unspecified atom stereocenters. The fourth-order valence-electron chi connectivity index (χ4n) is 2.25. The van der Waals surface area contributed by atoms with Crippen LogP contribution in [0.25, 0.3) is 5.57 Å². The van der Waals surface area contributed by atoms with Crippen LogP contribution in [0.1, 0.15) is 11.1 Å². The lowest BCUT2D eigenvalue weighted by Gasteiger charge is -2.10. The van der Waals surface area contributed by atoms with Gasteiger partial charge in [-0.2, -0.15) is 5.48 Å². The highest BCUT2D eigenvalue weighted by atomic mass is 16.6. The summed E-state index contributed by atoms with van der Waals surface area (Å²) in [5.41, 5.74) is 17.2. The van der Waals surface area contributed by atoms with Crippen molar-refractivity contribution in [2.24, 2.45) is 16.5 Å². The highest BCUT2D eigenvalue weighted by Crippen LogP contribution is 2.22. The summed E-state index contributed by atoms with van der Waals surface area (Å²) in [5, 5.41) is 10.5. The van der Waals surface area contributed by atoms with E-state index >= 15 is 0 Å². The van der Waals surface area contributed by atoms with E-state index in [1.807, 2.05) is 48.5 Å². The number of aliphatic imine (C=N–C) groups is 1. The molecule has 7 heteroatoms. The van der Waals surface area contributed by atoms with Gasteiger partial charge in [0.25, 0.3) is 0 Å². The lowest BCUT2D eigenvalue weighted by Crippen LogP contribution is -2.76. The van der Waals surface area contributed by atoms with E-state index in [2.05, 4.69) is 10.3 Å². The van der Waals surface area contributed by atoms with Crippen LogP contribution in [0.5, 0.6) is 0 Å². The Morgan fingerprint density at radius 1 is 1.28 bits per heavy atom. The van der Waals surface area contributed by atoms with Crippen LogP contribution in [-0.2, 0) is 11.4 Å². The normalized spacial score (nSPS) is 12.0. The Kier molecular flexibility index (Phi) is 6.70. The number of nitrogens with two attached hydrogens (primary N) is 3. The first kappa shape index (κ1) is 18.2. The van der Waals surface area contributed by atoms with Crippen molar-refractivity contribution >= 4 is 29.1 Å². The van der Waals surface area contributed by atoms with Crippen molar-refractivity contribution in [1.29, 1.82) is 5.41 Å². The molecule has 0 atom stereocenters. The number of benzene rings is 2. The molecule has 130 valence electrons. The number of rotatable bonds is 7. The predicted octanol–water partition coefficient (Wildman–Crippen LogP) is 1.32. The molecule has 0 aliphatic carbocycles. The molecular formula is C18H23N6O+. The maximum Gasteiger partial charge on any atom is 0.193 e. The van der Waals surface area contributed by atoms with Crippen molar-refractivity contribution in [2.45, 2.75) is 6.54 Å². The Labute approximate surface area is 146 Å². The summed E-state index contributed by atoms with van der Waals surface area (Å²) >= 11 is 0. The van der Waals surface area contributed by atoms with Gasteiger partial charge >= 0.3 is 0 Å². The molecule has 2 aromatic carbocycles. The standard InChI is InChI=1S/C18H22N6O/c1-25-24-17-9-14(15(10-19)11-20)7-8-16(17)23-18(21)22-12-13-5-3-2-4-6-13/h2-11,19,24H,12,20H2,1H3,(H3,21,22,23)/p+1/b15-11+,19-10?. The molecule has 0 aliphatic rings. The van der Waals surface area contributed by atoms with E-state index < -0.39 is 0 Å². The third-order valence-corrected chi connectivity index (χ3v) is 3.50. The van der Waals surface area contributed by atoms with Crippen molar-refractivity contribution < 1.29 is 10.3 Å². The van der Waals surface area contributed by atoms with Crippen LogP contribution in [0.3, 0.4) is 0 Å². The maximum atomic E-state index is 7.40. The monoisotopic (exact) mass is 339 g/mol. The number of allylic oxidation sites excluding steroid dienone is 1. The molecule has 8 N–H and O–H groups in total. The number of hydrogen-bond acceptors (Lipinski definition) is 4. The molecule has 7 nitrogen and oxygen atoms in total. The van der Waals surface area contributed by atoms with Gasteiger partial charge in [-0.1, -0.05) is 36.4 Å². The molecule has 0 saturated carbocycles. The number of anilines is 1.